The minimum atomic E-state index is -5.12. The lowest BCUT2D eigenvalue weighted by Crippen LogP contribution is -2.21. The van der Waals surface area contributed by atoms with Crippen molar-refractivity contribution >= 4 is 43.4 Å². The Morgan fingerprint density at radius 3 is 1.44 bits per heavy atom. The smallest absolute Gasteiger partial charge is 0.393 e. The van der Waals surface area contributed by atoms with Crippen LogP contribution in [-0.4, -0.2) is 24.7 Å². The SMILES string of the molecule is O=S(Oc1c(-c2nc(-c3ccccc3)nc(-c3ccccc3)n2)ccc2c3ccccc3c3ccccc3c12)C(F)(F)F. The van der Waals surface area contributed by atoms with E-state index in [2.05, 4.69) is 4.98 Å². The molecule has 43 heavy (non-hydrogen) atoms. The summed E-state index contributed by atoms with van der Waals surface area (Å²) in [4.78, 5) is 14.1. The highest BCUT2D eigenvalue weighted by atomic mass is 32.2. The first-order valence-electron chi connectivity index (χ1n) is 13.3. The number of hydrogen-bond donors (Lipinski definition) is 0. The van der Waals surface area contributed by atoms with Crippen molar-refractivity contribution in [2.45, 2.75) is 5.51 Å². The fourth-order valence-electron chi connectivity index (χ4n) is 5.28. The van der Waals surface area contributed by atoms with E-state index >= 15 is 0 Å². The molecule has 0 saturated carbocycles. The number of rotatable bonds is 5. The van der Waals surface area contributed by atoms with Crippen LogP contribution in [0.4, 0.5) is 13.2 Å². The van der Waals surface area contributed by atoms with E-state index in [0.717, 1.165) is 16.2 Å². The summed E-state index contributed by atoms with van der Waals surface area (Å²) in [7, 11) is 0. The van der Waals surface area contributed by atoms with Crippen LogP contribution in [0.15, 0.2) is 121 Å². The van der Waals surface area contributed by atoms with Gasteiger partial charge in [-0.1, -0.05) is 115 Å². The number of aromatic nitrogens is 3. The van der Waals surface area contributed by atoms with Gasteiger partial charge >= 0.3 is 16.6 Å². The molecule has 0 saturated heterocycles. The zero-order valence-corrected chi connectivity index (χ0v) is 23.1. The fourth-order valence-corrected chi connectivity index (χ4v) is 5.70. The second kappa shape index (κ2) is 10.6. The van der Waals surface area contributed by atoms with Crippen molar-refractivity contribution in [3.05, 3.63) is 121 Å². The lowest BCUT2D eigenvalue weighted by atomic mass is 9.92. The molecule has 1 aromatic heterocycles. The molecular formula is C34H20F3N3O2S. The van der Waals surface area contributed by atoms with Crippen molar-refractivity contribution < 1.29 is 21.6 Å². The molecule has 0 aliphatic carbocycles. The maximum Gasteiger partial charge on any atom is 0.508 e. The largest absolute Gasteiger partial charge is 0.508 e. The van der Waals surface area contributed by atoms with Crippen LogP contribution in [0.5, 0.6) is 5.75 Å². The van der Waals surface area contributed by atoms with Gasteiger partial charge in [0.15, 0.2) is 23.2 Å². The minimum absolute atomic E-state index is 0.0843. The predicted molar refractivity (Wildman–Crippen MR) is 163 cm³/mol. The average Bonchev–Trinajstić information content (AvgIpc) is 3.05. The number of hydrogen-bond acceptors (Lipinski definition) is 5. The third-order valence-electron chi connectivity index (χ3n) is 7.15. The normalized spacial score (nSPS) is 12.5. The van der Waals surface area contributed by atoms with Gasteiger partial charge in [0.05, 0.1) is 5.56 Å². The second-order valence-corrected chi connectivity index (χ2v) is 10.9. The Labute approximate surface area is 246 Å². The zero-order valence-electron chi connectivity index (χ0n) is 22.2. The standard InChI is InChI=1S/C34H20F3N3O2S/c35-34(36,37)43(41)42-30-28(20-19-27-25-17-8-7-15-23(25)24-16-9-10-18-26(24)29(27)30)33-39-31(21-11-3-1-4-12-21)38-32(40-33)22-13-5-2-6-14-22/h1-20H. The molecule has 1 heterocycles. The van der Waals surface area contributed by atoms with Crippen LogP contribution in [0.2, 0.25) is 0 Å². The Morgan fingerprint density at radius 2 is 0.930 bits per heavy atom. The molecular weight excluding hydrogens is 571 g/mol. The van der Waals surface area contributed by atoms with E-state index in [1.807, 2.05) is 109 Å². The van der Waals surface area contributed by atoms with Crippen LogP contribution in [-0.2, 0) is 11.1 Å². The molecule has 7 rings (SSSR count). The molecule has 9 heteroatoms. The highest BCUT2D eigenvalue weighted by Crippen LogP contribution is 2.45. The van der Waals surface area contributed by atoms with Crippen molar-refractivity contribution in [3.63, 3.8) is 0 Å². The molecule has 5 nitrogen and oxygen atoms in total. The molecule has 1 unspecified atom stereocenters. The van der Waals surface area contributed by atoms with E-state index in [0.29, 0.717) is 38.9 Å². The number of benzene rings is 6. The van der Waals surface area contributed by atoms with Crippen LogP contribution in [0.1, 0.15) is 0 Å². The van der Waals surface area contributed by atoms with E-state index in [1.54, 1.807) is 12.1 Å². The van der Waals surface area contributed by atoms with Crippen LogP contribution in [0.3, 0.4) is 0 Å². The average molecular weight is 592 g/mol. The molecule has 7 aromatic rings. The maximum absolute atomic E-state index is 13.7. The Balaban J connectivity index is 1.59. The first-order valence-corrected chi connectivity index (χ1v) is 14.4. The van der Waals surface area contributed by atoms with Crippen molar-refractivity contribution in [2.75, 3.05) is 0 Å². The lowest BCUT2D eigenvalue weighted by Gasteiger charge is -2.18. The summed E-state index contributed by atoms with van der Waals surface area (Å²) in [5.74, 6) is 0.520. The van der Waals surface area contributed by atoms with Gasteiger partial charge in [-0.05, 0) is 33.0 Å². The highest BCUT2D eigenvalue weighted by molar-refractivity contribution is 7.81. The van der Waals surface area contributed by atoms with Gasteiger partial charge in [0.25, 0.3) is 0 Å². The summed E-state index contributed by atoms with van der Waals surface area (Å²) < 4.78 is 59.1. The van der Waals surface area contributed by atoms with Gasteiger partial charge in [0.2, 0.25) is 0 Å². The van der Waals surface area contributed by atoms with E-state index in [9.17, 15) is 17.4 Å². The molecule has 1 atom stereocenters. The molecule has 0 aliphatic rings. The van der Waals surface area contributed by atoms with Gasteiger partial charge in [-0.25, -0.2) is 19.2 Å². The Kier molecular flexibility index (Phi) is 6.59. The van der Waals surface area contributed by atoms with Gasteiger partial charge in [0, 0.05) is 16.5 Å². The zero-order chi connectivity index (χ0) is 29.6. The van der Waals surface area contributed by atoms with E-state index in [-0.39, 0.29) is 17.1 Å². The Morgan fingerprint density at radius 1 is 0.512 bits per heavy atom. The molecule has 210 valence electrons. The number of alkyl halides is 3. The van der Waals surface area contributed by atoms with Crippen LogP contribution in [0.25, 0.3) is 66.5 Å². The molecule has 0 spiro atoms. The van der Waals surface area contributed by atoms with Crippen molar-refractivity contribution in [1.29, 1.82) is 0 Å². The first kappa shape index (κ1) is 26.7. The Hall–Kier alpha value is -5.15. The lowest BCUT2D eigenvalue weighted by molar-refractivity contribution is -0.0437. The quantitative estimate of drug-likeness (QED) is 0.187. The fraction of sp³-hybridized carbons (Fsp3) is 0.0294. The molecule has 0 aliphatic heterocycles. The van der Waals surface area contributed by atoms with Gasteiger partial charge in [-0.3, -0.25) is 0 Å². The monoisotopic (exact) mass is 591 g/mol. The minimum Gasteiger partial charge on any atom is -0.393 e. The number of fused-ring (bicyclic) bond motifs is 6. The van der Waals surface area contributed by atoms with Crippen LogP contribution >= 0.6 is 0 Å². The molecule has 0 N–H and O–H groups in total. The molecule has 0 radical (unpaired) electrons. The number of halogens is 3. The topological polar surface area (TPSA) is 65.0 Å². The van der Waals surface area contributed by atoms with Crippen LogP contribution in [0, 0.1) is 0 Å². The molecule has 0 amide bonds. The first-order chi connectivity index (χ1) is 20.9. The second-order valence-electron chi connectivity index (χ2n) is 9.76. The summed E-state index contributed by atoms with van der Waals surface area (Å²) in [6, 6.07) is 36.9. The van der Waals surface area contributed by atoms with E-state index in [1.165, 1.54) is 0 Å². The van der Waals surface area contributed by atoms with Gasteiger partial charge in [0.1, 0.15) is 0 Å². The third kappa shape index (κ3) is 4.87. The van der Waals surface area contributed by atoms with E-state index in [4.69, 9.17) is 14.2 Å². The summed E-state index contributed by atoms with van der Waals surface area (Å²) >= 11 is -3.66. The predicted octanol–water partition coefficient (Wildman–Crippen LogP) is 8.89. The van der Waals surface area contributed by atoms with Crippen molar-refractivity contribution in [1.82, 2.24) is 15.0 Å². The van der Waals surface area contributed by atoms with Gasteiger partial charge in [-0.15, -0.1) is 0 Å². The number of nitrogens with zero attached hydrogens (tertiary/aromatic N) is 3. The molecule has 6 aromatic carbocycles. The molecule has 0 bridgehead atoms. The third-order valence-corrected chi connectivity index (χ3v) is 7.85. The van der Waals surface area contributed by atoms with Crippen molar-refractivity contribution in [3.8, 4) is 39.9 Å². The van der Waals surface area contributed by atoms with Crippen LogP contribution < -0.4 is 4.18 Å². The highest BCUT2D eigenvalue weighted by Gasteiger charge is 2.41. The Bertz CT molecular complexity index is 2080. The maximum atomic E-state index is 13.7. The molecule has 0 fully saturated rings. The summed E-state index contributed by atoms with van der Waals surface area (Å²) in [5.41, 5.74) is -3.57. The van der Waals surface area contributed by atoms with Crippen molar-refractivity contribution in [2.24, 2.45) is 0 Å². The summed E-state index contributed by atoms with van der Waals surface area (Å²) in [6.07, 6.45) is 0. The van der Waals surface area contributed by atoms with Gasteiger partial charge in [-0.2, -0.15) is 13.2 Å². The van der Waals surface area contributed by atoms with E-state index < -0.39 is 16.6 Å². The van der Waals surface area contributed by atoms with Gasteiger partial charge < -0.3 is 4.18 Å². The summed E-state index contributed by atoms with van der Waals surface area (Å²) in [5, 5.41) is 4.24. The summed E-state index contributed by atoms with van der Waals surface area (Å²) in [6.45, 7) is 0.